The second-order valence-corrected chi connectivity index (χ2v) is 5.13. The van der Waals surface area contributed by atoms with E-state index in [4.69, 9.17) is 14.6 Å². The molecular formula is C13H24N2O5. The molecule has 2 N–H and O–H groups in total. The molecule has 2 atom stereocenters. The van der Waals surface area contributed by atoms with E-state index in [9.17, 15) is 9.59 Å². The first-order valence-electron chi connectivity index (χ1n) is 6.82. The van der Waals surface area contributed by atoms with E-state index in [1.165, 1.54) is 4.90 Å². The molecule has 0 radical (unpaired) electrons. The van der Waals surface area contributed by atoms with E-state index in [0.717, 1.165) is 6.42 Å². The molecule has 7 nitrogen and oxygen atoms in total. The number of amides is 2. The van der Waals surface area contributed by atoms with Gasteiger partial charge < -0.3 is 24.8 Å². The SMILES string of the molecule is CCN(CC(C)C(=O)O)C(=O)NCC1(OC)CCOC1. The fraction of sp³-hybridized carbons (Fsp3) is 0.846. The Kier molecular flexibility index (Phi) is 6.22. The van der Waals surface area contributed by atoms with Crippen LogP contribution in [0.4, 0.5) is 4.79 Å². The van der Waals surface area contributed by atoms with Gasteiger partial charge in [-0.2, -0.15) is 0 Å². The van der Waals surface area contributed by atoms with Crippen molar-refractivity contribution < 1.29 is 24.2 Å². The number of methoxy groups -OCH3 is 1. The smallest absolute Gasteiger partial charge is 0.317 e. The fourth-order valence-electron chi connectivity index (χ4n) is 2.07. The molecule has 0 aromatic rings. The lowest BCUT2D eigenvalue weighted by molar-refractivity contribution is -0.141. The average Bonchev–Trinajstić information content (AvgIpc) is 2.91. The number of hydrogen-bond donors (Lipinski definition) is 2. The van der Waals surface area contributed by atoms with Crippen LogP contribution in [-0.2, 0) is 14.3 Å². The second kappa shape index (κ2) is 7.44. The van der Waals surface area contributed by atoms with Gasteiger partial charge in [0.15, 0.2) is 0 Å². The van der Waals surface area contributed by atoms with Crippen LogP contribution >= 0.6 is 0 Å². The third kappa shape index (κ3) is 4.35. The van der Waals surface area contributed by atoms with E-state index < -0.39 is 17.5 Å². The molecule has 7 heteroatoms. The maximum absolute atomic E-state index is 12.1. The van der Waals surface area contributed by atoms with Gasteiger partial charge in [0.25, 0.3) is 0 Å². The first-order chi connectivity index (χ1) is 9.44. The lowest BCUT2D eigenvalue weighted by Gasteiger charge is -2.29. The van der Waals surface area contributed by atoms with Gasteiger partial charge in [-0.3, -0.25) is 4.79 Å². The highest BCUT2D eigenvalue weighted by atomic mass is 16.5. The first kappa shape index (κ1) is 16.7. The summed E-state index contributed by atoms with van der Waals surface area (Å²) in [5.41, 5.74) is -0.465. The number of carboxylic acid groups (broad SMARTS) is 1. The van der Waals surface area contributed by atoms with Gasteiger partial charge >= 0.3 is 12.0 Å². The Morgan fingerprint density at radius 3 is 2.70 bits per heavy atom. The number of nitrogens with zero attached hydrogens (tertiary/aromatic N) is 1. The van der Waals surface area contributed by atoms with Gasteiger partial charge in [-0.05, 0) is 6.92 Å². The minimum absolute atomic E-state index is 0.189. The van der Waals surface area contributed by atoms with Gasteiger partial charge in [-0.25, -0.2) is 4.79 Å². The fourth-order valence-corrected chi connectivity index (χ4v) is 2.07. The standard InChI is InChI=1S/C13H24N2O5/c1-4-15(7-10(2)11(16)17)12(18)14-8-13(19-3)5-6-20-9-13/h10H,4-9H2,1-3H3,(H,14,18)(H,16,17). The summed E-state index contributed by atoms with van der Waals surface area (Å²) in [6.07, 6.45) is 0.738. The van der Waals surface area contributed by atoms with E-state index >= 15 is 0 Å². The first-order valence-corrected chi connectivity index (χ1v) is 6.82. The van der Waals surface area contributed by atoms with Crippen molar-refractivity contribution in [3.63, 3.8) is 0 Å². The highest BCUT2D eigenvalue weighted by molar-refractivity contribution is 5.76. The monoisotopic (exact) mass is 288 g/mol. The predicted molar refractivity (Wildman–Crippen MR) is 72.6 cm³/mol. The van der Waals surface area contributed by atoms with E-state index in [1.54, 1.807) is 14.0 Å². The molecule has 1 saturated heterocycles. The van der Waals surface area contributed by atoms with E-state index in [0.29, 0.717) is 26.3 Å². The topological polar surface area (TPSA) is 88.1 Å². The molecule has 2 amide bonds. The third-order valence-corrected chi connectivity index (χ3v) is 3.65. The van der Waals surface area contributed by atoms with E-state index in [-0.39, 0.29) is 12.6 Å². The average molecular weight is 288 g/mol. The van der Waals surface area contributed by atoms with Crippen molar-refractivity contribution in [2.75, 3.05) is 40.0 Å². The maximum atomic E-state index is 12.1. The number of carbonyl (C=O) groups excluding carboxylic acids is 1. The van der Waals surface area contributed by atoms with Crippen molar-refractivity contribution in [1.82, 2.24) is 10.2 Å². The van der Waals surface area contributed by atoms with Crippen LogP contribution in [0.1, 0.15) is 20.3 Å². The summed E-state index contributed by atoms with van der Waals surface area (Å²) in [6, 6.07) is -0.274. The zero-order valence-corrected chi connectivity index (χ0v) is 12.3. The summed E-state index contributed by atoms with van der Waals surface area (Å²) >= 11 is 0. The van der Waals surface area contributed by atoms with Crippen molar-refractivity contribution in [1.29, 1.82) is 0 Å². The van der Waals surface area contributed by atoms with Gasteiger partial charge in [-0.15, -0.1) is 0 Å². The number of ether oxygens (including phenoxy) is 2. The lowest BCUT2D eigenvalue weighted by Crippen LogP contribution is -2.50. The molecule has 116 valence electrons. The van der Waals surface area contributed by atoms with Crippen LogP contribution in [0.2, 0.25) is 0 Å². The largest absolute Gasteiger partial charge is 0.481 e. The quantitative estimate of drug-likeness (QED) is 0.714. The van der Waals surface area contributed by atoms with Crippen molar-refractivity contribution in [2.45, 2.75) is 25.9 Å². The molecule has 0 aliphatic carbocycles. The number of carbonyl (C=O) groups is 2. The van der Waals surface area contributed by atoms with Crippen LogP contribution in [0, 0.1) is 5.92 Å². The molecule has 1 fully saturated rings. The number of hydrogen-bond acceptors (Lipinski definition) is 4. The molecule has 1 rings (SSSR count). The van der Waals surface area contributed by atoms with Crippen molar-refractivity contribution in [2.24, 2.45) is 5.92 Å². The van der Waals surface area contributed by atoms with Crippen LogP contribution in [0.15, 0.2) is 0 Å². The summed E-state index contributed by atoms with van der Waals surface area (Å²) in [6.45, 7) is 5.49. The Balaban J connectivity index is 2.48. The van der Waals surface area contributed by atoms with E-state index in [2.05, 4.69) is 5.32 Å². The van der Waals surface area contributed by atoms with Crippen LogP contribution in [0.25, 0.3) is 0 Å². The number of carboxylic acids is 1. The molecule has 0 aromatic carbocycles. The molecular weight excluding hydrogens is 264 g/mol. The molecule has 1 aliphatic heterocycles. The zero-order chi connectivity index (χ0) is 15.2. The summed E-state index contributed by atoms with van der Waals surface area (Å²) in [5.74, 6) is -1.50. The normalized spacial score (nSPS) is 23.4. The van der Waals surface area contributed by atoms with Crippen molar-refractivity contribution in [3.8, 4) is 0 Å². The molecule has 0 bridgehead atoms. The molecule has 0 saturated carbocycles. The minimum Gasteiger partial charge on any atom is -0.481 e. The summed E-state index contributed by atoms with van der Waals surface area (Å²) in [4.78, 5) is 24.4. The van der Waals surface area contributed by atoms with Crippen molar-refractivity contribution >= 4 is 12.0 Å². The third-order valence-electron chi connectivity index (χ3n) is 3.65. The van der Waals surface area contributed by atoms with Gasteiger partial charge in [0.1, 0.15) is 5.60 Å². The van der Waals surface area contributed by atoms with E-state index in [1.807, 2.05) is 6.92 Å². The second-order valence-electron chi connectivity index (χ2n) is 5.13. The summed E-state index contributed by atoms with van der Waals surface area (Å²) in [5, 5.41) is 11.7. The Labute approximate surface area is 119 Å². The maximum Gasteiger partial charge on any atom is 0.317 e. The van der Waals surface area contributed by atoms with Gasteiger partial charge in [0, 0.05) is 33.2 Å². The molecule has 0 spiro atoms. The number of aliphatic carboxylic acids is 1. The summed E-state index contributed by atoms with van der Waals surface area (Å²) in [7, 11) is 1.60. The molecule has 1 heterocycles. The van der Waals surface area contributed by atoms with Crippen LogP contribution in [0.3, 0.4) is 0 Å². The lowest BCUT2D eigenvalue weighted by atomic mass is 10.0. The van der Waals surface area contributed by atoms with Gasteiger partial charge in [0.2, 0.25) is 0 Å². The summed E-state index contributed by atoms with van der Waals surface area (Å²) < 4.78 is 10.7. The van der Waals surface area contributed by atoms with Gasteiger partial charge in [0.05, 0.1) is 19.1 Å². The Hall–Kier alpha value is -1.34. The Morgan fingerprint density at radius 1 is 1.55 bits per heavy atom. The van der Waals surface area contributed by atoms with Crippen molar-refractivity contribution in [3.05, 3.63) is 0 Å². The van der Waals surface area contributed by atoms with Crippen LogP contribution in [-0.4, -0.2) is 67.6 Å². The molecule has 2 unspecified atom stereocenters. The van der Waals surface area contributed by atoms with Crippen LogP contribution < -0.4 is 5.32 Å². The highest BCUT2D eigenvalue weighted by Crippen LogP contribution is 2.21. The molecule has 20 heavy (non-hydrogen) atoms. The zero-order valence-electron chi connectivity index (χ0n) is 12.3. The predicted octanol–water partition coefficient (Wildman–Crippen LogP) is 0.544. The highest BCUT2D eigenvalue weighted by Gasteiger charge is 2.35. The number of rotatable bonds is 7. The van der Waals surface area contributed by atoms with Gasteiger partial charge in [-0.1, -0.05) is 6.92 Å². The Bertz CT molecular complexity index is 342. The number of nitrogens with one attached hydrogen (secondary N) is 1. The Morgan fingerprint density at radius 2 is 2.25 bits per heavy atom. The minimum atomic E-state index is -0.909. The molecule has 1 aliphatic rings. The number of urea groups is 1. The van der Waals surface area contributed by atoms with Crippen LogP contribution in [0.5, 0.6) is 0 Å². The molecule has 0 aromatic heterocycles.